The van der Waals surface area contributed by atoms with E-state index in [9.17, 15) is 0 Å². The highest BCUT2D eigenvalue weighted by molar-refractivity contribution is 6.18. The number of para-hydroxylation sites is 4. The molecule has 2 aliphatic rings. The Morgan fingerprint density at radius 3 is 1.53 bits per heavy atom. The fourth-order valence-electron chi connectivity index (χ4n) is 10.2. The number of hydrogen-bond donors (Lipinski definition) is 0. The number of nitrogens with zero attached hydrogens (tertiary/aromatic N) is 3. The maximum absolute atomic E-state index is 2.56. The first-order valence-electron chi connectivity index (χ1n) is 20.9. The van der Waals surface area contributed by atoms with Gasteiger partial charge in [0.1, 0.15) is 0 Å². The van der Waals surface area contributed by atoms with Gasteiger partial charge in [0, 0.05) is 61.4 Å². The quantitative estimate of drug-likeness (QED) is 0.160. The summed E-state index contributed by atoms with van der Waals surface area (Å²) >= 11 is 0. The molecule has 3 nitrogen and oxygen atoms in total. The molecule has 0 fully saturated rings. The zero-order chi connectivity index (χ0) is 40.0. The first-order chi connectivity index (χ1) is 29.5. The van der Waals surface area contributed by atoms with Crippen molar-refractivity contribution in [1.82, 2.24) is 4.57 Å². The third-order valence-electron chi connectivity index (χ3n) is 12.9. The minimum atomic E-state index is -0.0812. The Hall–Kier alpha value is -7.62. The predicted molar refractivity (Wildman–Crippen MR) is 252 cm³/mol. The second-order valence-corrected chi connectivity index (χ2v) is 16.6. The molecule has 2 heterocycles. The molecule has 0 saturated carbocycles. The average molecular weight is 768 g/mol. The van der Waals surface area contributed by atoms with Crippen LogP contribution in [0.1, 0.15) is 25.0 Å². The highest BCUT2D eigenvalue weighted by atomic mass is 15.2. The third-order valence-corrected chi connectivity index (χ3v) is 12.9. The van der Waals surface area contributed by atoms with E-state index >= 15 is 0 Å². The Labute approximate surface area is 350 Å². The van der Waals surface area contributed by atoms with Crippen LogP contribution in [0.2, 0.25) is 0 Å². The number of aromatic nitrogens is 1. The Kier molecular flexibility index (Phi) is 7.58. The van der Waals surface area contributed by atoms with Crippen molar-refractivity contribution in [1.29, 1.82) is 0 Å². The molecule has 0 bridgehead atoms. The summed E-state index contributed by atoms with van der Waals surface area (Å²) in [6.07, 6.45) is 0. The molecule has 0 radical (unpaired) electrons. The molecule has 0 unspecified atom stereocenters. The molecule has 0 amide bonds. The van der Waals surface area contributed by atoms with E-state index in [1.807, 2.05) is 0 Å². The van der Waals surface area contributed by atoms with E-state index in [1.165, 1.54) is 72.0 Å². The zero-order valence-electron chi connectivity index (χ0n) is 33.5. The maximum Gasteiger partial charge on any atom is 0.0619 e. The van der Waals surface area contributed by atoms with Crippen molar-refractivity contribution < 1.29 is 0 Å². The van der Waals surface area contributed by atoms with Gasteiger partial charge in [0.2, 0.25) is 0 Å². The molecular weight excluding hydrogens is 727 g/mol. The van der Waals surface area contributed by atoms with Crippen molar-refractivity contribution in [2.45, 2.75) is 19.3 Å². The maximum atomic E-state index is 2.56. The van der Waals surface area contributed by atoms with Crippen molar-refractivity contribution in [3.8, 4) is 39.1 Å². The van der Waals surface area contributed by atoms with Crippen molar-refractivity contribution in [2.75, 3.05) is 9.80 Å². The molecule has 3 heteroatoms. The number of fused-ring (bicyclic) bond motifs is 5. The summed E-state index contributed by atoms with van der Waals surface area (Å²) in [5.41, 5.74) is 20.8. The van der Waals surface area contributed by atoms with Crippen molar-refractivity contribution in [2.24, 2.45) is 0 Å². The van der Waals surface area contributed by atoms with Crippen molar-refractivity contribution in [3.63, 3.8) is 0 Å². The SMILES string of the molecule is CC1(C)c2cccc3c2-c2c(cccc21)-n1c2cc(-c4cccc(N(c5ccccc5)c5cccc(N(c6ccccc6)c6ccccc6)c5)c4)ccc2c2cccc-3c21. The summed E-state index contributed by atoms with van der Waals surface area (Å²) in [5, 5.41) is 2.55. The lowest BCUT2D eigenvalue weighted by Gasteiger charge is -2.29. The fourth-order valence-corrected chi connectivity index (χ4v) is 10.2. The third kappa shape index (κ3) is 5.09. The Balaban J connectivity index is 1.02. The molecule has 10 aromatic rings. The van der Waals surface area contributed by atoms with Crippen molar-refractivity contribution in [3.05, 3.63) is 223 Å². The summed E-state index contributed by atoms with van der Waals surface area (Å²) in [6, 6.07) is 77.6. The van der Waals surface area contributed by atoms with E-state index in [1.54, 1.807) is 0 Å². The number of benzene rings is 9. The van der Waals surface area contributed by atoms with E-state index < -0.39 is 0 Å². The largest absolute Gasteiger partial charge is 0.310 e. The molecule has 1 aliphatic heterocycles. The molecule has 0 atom stereocenters. The standard InChI is InChI=1S/C57H41N3/c1-57(2)50-30-15-27-47-49-29-14-28-48-46-34-33-39(36-53(46)60(56(48)49)52-32-16-31-51(57)55(52)54(47)50)38-17-12-24-43(35-38)59(42-22-10-5-11-23-42)45-26-13-25-44(37-45)58(40-18-6-3-7-19-40)41-20-8-4-9-21-41/h3-37H,1-2H3. The minimum Gasteiger partial charge on any atom is -0.310 e. The smallest absolute Gasteiger partial charge is 0.0619 e. The molecule has 0 N–H and O–H groups in total. The van der Waals surface area contributed by atoms with Gasteiger partial charge in [-0.05, 0) is 112 Å². The van der Waals surface area contributed by atoms with Crippen LogP contribution in [0.15, 0.2) is 212 Å². The summed E-state index contributed by atoms with van der Waals surface area (Å²) in [4.78, 5) is 4.69. The van der Waals surface area contributed by atoms with Crippen LogP contribution < -0.4 is 9.80 Å². The summed E-state index contributed by atoms with van der Waals surface area (Å²) < 4.78 is 2.56. The van der Waals surface area contributed by atoms with Crippen LogP contribution in [-0.4, -0.2) is 4.57 Å². The van der Waals surface area contributed by atoms with Gasteiger partial charge in [-0.3, -0.25) is 0 Å². The average Bonchev–Trinajstić information content (AvgIpc) is 3.71. The van der Waals surface area contributed by atoms with Gasteiger partial charge in [0.05, 0.1) is 16.7 Å². The van der Waals surface area contributed by atoms with Gasteiger partial charge in [0.25, 0.3) is 0 Å². The normalized spacial score (nSPS) is 13.0. The molecule has 0 saturated heterocycles. The molecule has 60 heavy (non-hydrogen) atoms. The first kappa shape index (κ1) is 34.4. The van der Waals surface area contributed by atoms with E-state index in [2.05, 4.69) is 241 Å². The molecule has 12 rings (SSSR count). The van der Waals surface area contributed by atoms with E-state index in [0.29, 0.717) is 0 Å². The molecule has 0 spiro atoms. The van der Waals surface area contributed by atoms with Gasteiger partial charge >= 0.3 is 0 Å². The van der Waals surface area contributed by atoms with Gasteiger partial charge in [-0.15, -0.1) is 0 Å². The molecule has 284 valence electrons. The summed E-state index contributed by atoms with van der Waals surface area (Å²) in [7, 11) is 0. The van der Waals surface area contributed by atoms with Crippen LogP contribution in [0.5, 0.6) is 0 Å². The van der Waals surface area contributed by atoms with Crippen LogP contribution in [0.25, 0.3) is 60.9 Å². The Morgan fingerprint density at radius 1 is 0.367 bits per heavy atom. The van der Waals surface area contributed by atoms with Crippen LogP contribution in [0.3, 0.4) is 0 Å². The van der Waals surface area contributed by atoms with E-state index in [-0.39, 0.29) is 5.41 Å². The van der Waals surface area contributed by atoms with Gasteiger partial charge in [-0.1, -0.05) is 147 Å². The summed E-state index contributed by atoms with van der Waals surface area (Å²) in [5.74, 6) is 0. The lowest BCUT2D eigenvalue weighted by molar-refractivity contribution is 0.660. The lowest BCUT2D eigenvalue weighted by Crippen LogP contribution is -2.15. The molecule has 1 aliphatic carbocycles. The second kappa shape index (κ2) is 13.2. The van der Waals surface area contributed by atoms with Gasteiger partial charge in [-0.2, -0.15) is 0 Å². The van der Waals surface area contributed by atoms with Crippen LogP contribution in [-0.2, 0) is 5.41 Å². The second-order valence-electron chi connectivity index (χ2n) is 16.6. The van der Waals surface area contributed by atoms with Gasteiger partial charge in [-0.25, -0.2) is 0 Å². The van der Waals surface area contributed by atoms with E-state index in [0.717, 1.165) is 34.1 Å². The first-order valence-corrected chi connectivity index (χ1v) is 20.9. The molecule has 1 aromatic heterocycles. The minimum absolute atomic E-state index is 0.0812. The monoisotopic (exact) mass is 767 g/mol. The Morgan fingerprint density at radius 2 is 0.867 bits per heavy atom. The van der Waals surface area contributed by atoms with E-state index in [4.69, 9.17) is 0 Å². The number of rotatable bonds is 7. The van der Waals surface area contributed by atoms with Crippen LogP contribution >= 0.6 is 0 Å². The number of anilines is 6. The van der Waals surface area contributed by atoms with Gasteiger partial charge < -0.3 is 14.4 Å². The highest BCUT2D eigenvalue weighted by Gasteiger charge is 2.40. The van der Waals surface area contributed by atoms with Crippen LogP contribution in [0, 0.1) is 0 Å². The number of hydrogen-bond acceptors (Lipinski definition) is 2. The van der Waals surface area contributed by atoms with Crippen LogP contribution in [0.4, 0.5) is 34.1 Å². The molecular formula is C57H41N3. The van der Waals surface area contributed by atoms with Crippen molar-refractivity contribution >= 4 is 55.9 Å². The molecule has 9 aromatic carbocycles. The summed E-state index contributed by atoms with van der Waals surface area (Å²) in [6.45, 7) is 4.76. The fraction of sp³-hybridized carbons (Fsp3) is 0.0526. The highest BCUT2D eigenvalue weighted by Crippen LogP contribution is 2.57. The zero-order valence-corrected chi connectivity index (χ0v) is 33.5. The predicted octanol–water partition coefficient (Wildman–Crippen LogP) is 15.7. The lowest BCUT2D eigenvalue weighted by atomic mass is 9.82. The Bertz CT molecular complexity index is 3250. The topological polar surface area (TPSA) is 11.4 Å². The van der Waals surface area contributed by atoms with Gasteiger partial charge in [0.15, 0.2) is 0 Å².